The molecule has 1 saturated heterocycles. The monoisotopic (exact) mass is 468 g/mol. The van der Waals surface area contributed by atoms with E-state index in [1.807, 2.05) is 0 Å². The molecule has 1 aliphatic heterocycles. The molecule has 0 spiro atoms. The minimum absolute atomic E-state index is 0.0487. The minimum Gasteiger partial charge on any atom is -0.507 e. The van der Waals surface area contributed by atoms with E-state index in [4.69, 9.17) is 25.5 Å². The summed E-state index contributed by atoms with van der Waals surface area (Å²) in [5.41, 5.74) is 0.593. The number of benzene rings is 1. The molecular weight excluding hydrogens is 448 g/mol. The van der Waals surface area contributed by atoms with E-state index < -0.39 is 23.5 Å². The number of aliphatic hydroxyl groups excluding tert-OH is 1. The Kier molecular flexibility index (Phi) is 6.11. The van der Waals surface area contributed by atoms with E-state index in [1.54, 1.807) is 43.5 Å². The zero-order valence-corrected chi connectivity index (χ0v) is 18.9. The number of hydrogen-bond acceptors (Lipinski definition) is 7. The van der Waals surface area contributed by atoms with Crippen molar-refractivity contribution in [2.75, 3.05) is 14.2 Å². The third-order valence-electron chi connectivity index (χ3n) is 5.36. The highest BCUT2D eigenvalue weighted by Crippen LogP contribution is 2.43. The first-order valence-electron chi connectivity index (χ1n) is 10.0. The molecule has 0 radical (unpaired) electrons. The molecule has 1 unspecified atom stereocenters. The number of halogens is 1. The first kappa shape index (κ1) is 22.4. The molecule has 4 rings (SSSR count). The topological polar surface area (TPSA) is 102 Å². The first-order chi connectivity index (χ1) is 15.8. The number of nitrogens with zero attached hydrogens (tertiary/aromatic N) is 2. The molecule has 1 amide bonds. The van der Waals surface area contributed by atoms with Crippen molar-refractivity contribution in [1.82, 2.24) is 9.88 Å². The predicted molar refractivity (Wildman–Crippen MR) is 120 cm³/mol. The summed E-state index contributed by atoms with van der Waals surface area (Å²) in [6.45, 7) is 1.80. The summed E-state index contributed by atoms with van der Waals surface area (Å²) in [7, 11) is 2.86. The number of ether oxygens (including phenoxy) is 2. The smallest absolute Gasteiger partial charge is 0.296 e. The van der Waals surface area contributed by atoms with E-state index in [-0.39, 0.29) is 28.5 Å². The molecule has 1 aromatic carbocycles. The second-order valence-electron chi connectivity index (χ2n) is 7.38. The quantitative estimate of drug-likeness (QED) is 0.327. The van der Waals surface area contributed by atoms with Crippen LogP contribution in [0.15, 0.2) is 58.7 Å². The van der Waals surface area contributed by atoms with Gasteiger partial charge in [-0.2, -0.15) is 0 Å². The van der Waals surface area contributed by atoms with Crippen molar-refractivity contribution in [3.8, 4) is 11.5 Å². The number of carbonyl (C=O) groups is 2. The van der Waals surface area contributed by atoms with Gasteiger partial charge in [0.1, 0.15) is 34.8 Å². The Labute approximate surface area is 195 Å². The standard InChI is InChI=1S/C24H21ClN2O6/c1-13-7-8-17(33-13)21-20(22(28)15-10-16(25)19(32-3)11-18(15)31-2)23(29)24(30)27(21)12-14-6-4-5-9-26-14/h4-11,21,28H,12H2,1-3H3/b22-20+. The van der Waals surface area contributed by atoms with Gasteiger partial charge < -0.3 is 23.9 Å². The van der Waals surface area contributed by atoms with Gasteiger partial charge in [-0.1, -0.05) is 17.7 Å². The number of amides is 1. The van der Waals surface area contributed by atoms with Crippen LogP contribution in [0.5, 0.6) is 11.5 Å². The van der Waals surface area contributed by atoms with Crippen molar-refractivity contribution in [2.24, 2.45) is 0 Å². The lowest BCUT2D eigenvalue weighted by molar-refractivity contribution is -0.140. The third kappa shape index (κ3) is 4.05. The van der Waals surface area contributed by atoms with Crippen molar-refractivity contribution in [3.05, 3.63) is 82.0 Å². The highest BCUT2D eigenvalue weighted by Gasteiger charge is 2.48. The number of aryl methyl sites for hydroxylation is 1. The Bertz CT molecular complexity index is 1250. The number of hydrogen-bond donors (Lipinski definition) is 1. The molecule has 2 aromatic heterocycles. The largest absolute Gasteiger partial charge is 0.507 e. The van der Waals surface area contributed by atoms with Crippen molar-refractivity contribution < 1.29 is 28.6 Å². The summed E-state index contributed by atoms with van der Waals surface area (Å²) < 4.78 is 16.4. The van der Waals surface area contributed by atoms with Gasteiger partial charge in [0.05, 0.1) is 42.6 Å². The van der Waals surface area contributed by atoms with Crippen LogP contribution < -0.4 is 9.47 Å². The molecule has 170 valence electrons. The van der Waals surface area contributed by atoms with Gasteiger partial charge >= 0.3 is 0 Å². The van der Waals surface area contributed by atoms with Crippen LogP contribution in [0.3, 0.4) is 0 Å². The van der Waals surface area contributed by atoms with E-state index in [9.17, 15) is 14.7 Å². The number of likely N-dealkylation sites (tertiary alicyclic amines) is 1. The van der Waals surface area contributed by atoms with Crippen LogP contribution in [0.2, 0.25) is 5.02 Å². The third-order valence-corrected chi connectivity index (χ3v) is 5.65. The number of ketones is 1. The highest BCUT2D eigenvalue weighted by atomic mass is 35.5. The van der Waals surface area contributed by atoms with E-state index in [1.165, 1.54) is 31.3 Å². The Morgan fingerprint density at radius 1 is 1.15 bits per heavy atom. The lowest BCUT2D eigenvalue weighted by Gasteiger charge is -2.23. The van der Waals surface area contributed by atoms with Crippen LogP contribution in [0.1, 0.15) is 28.8 Å². The van der Waals surface area contributed by atoms with Crippen molar-refractivity contribution >= 4 is 29.1 Å². The first-order valence-corrected chi connectivity index (χ1v) is 10.4. The number of Topliss-reactive ketones (excluding diaryl/α,β-unsaturated/α-hetero) is 1. The van der Waals surface area contributed by atoms with Crippen molar-refractivity contribution in [3.63, 3.8) is 0 Å². The van der Waals surface area contributed by atoms with Crippen LogP contribution in [-0.2, 0) is 16.1 Å². The molecule has 0 aliphatic carbocycles. The molecule has 9 heteroatoms. The number of methoxy groups -OCH3 is 2. The molecule has 3 aromatic rings. The van der Waals surface area contributed by atoms with Gasteiger partial charge in [0, 0.05) is 12.3 Å². The lowest BCUT2D eigenvalue weighted by atomic mass is 9.98. The fourth-order valence-electron chi connectivity index (χ4n) is 3.80. The Hall–Kier alpha value is -3.78. The van der Waals surface area contributed by atoms with Crippen LogP contribution in [-0.4, -0.2) is 40.9 Å². The van der Waals surface area contributed by atoms with Crippen LogP contribution in [0, 0.1) is 6.92 Å². The predicted octanol–water partition coefficient (Wildman–Crippen LogP) is 4.28. The fourth-order valence-corrected chi connectivity index (χ4v) is 4.04. The fraction of sp³-hybridized carbons (Fsp3) is 0.208. The number of aliphatic hydroxyl groups is 1. The van der Waals surface area contributed by atoms with Gasteiger partial charge in [-0.05, 0) is 37.3 Å². The van der Waals surface area contributed by atoms with Crippen LogP contribution in [0.25, 0.3) is 5.76 Å². The summed E-state index contributed by atoms with van der Waals surface area (Å²) in [4.78, 5) is 31.8. The number of carbonyl (C=O) groups excluding carboxylic acids is 2. The van der Waals surface area contributed by atoms with Crippen LogP contribution >= 0.6 is 11.6 Å². The van der Waals surface area contributed by atoms with E-state index in [0.717, 1.165) is 0 Å². The van der Waals surface area contributed by atoms with Gasteiger partial charge in [-0.15, -0.1) is 0 Å². The zero-order chi connectivity index (χ0) is 23.7. The second-order valence-corrected chi connectivity index (χ2v) is 7.79. The summed E-state index contributed by atoms with van der Waals surface area (Å²) in [6, 6.07) is 10.6. The highest BCUT2D eigenvalue weighted by molar-refractivity contribution is 6.46. The molecule has 1 N–H and O–H groups in total. The Morgan fingerprint density at radius 3 is 2.52 bits per heavy atom. The average Bonchev–Trinajstić information content (AvgIpc) is 3.35. The normalized spacial score (nSPS) is 17.5. The number of furan rings is 1. The number of rotatable bonds is 6. The summed E-state index contributed by atoms with van der Waals surface area (Å²) in [5, 5.41) is 11.5. The molecule has 0 bridgehead atoms. The summed E-state index contributed by atoms with van der Waals surface area (Å²) in [5.74, 6) is -0.576. The van der Waals surface area contributed by atoms with Gasteiger partial charge in [-0.25, -0.2) is 0 Å². The Balaban J connectivity index is 1.90. The van der Waals surface area contributed by atoms with E-state index in [0.29, 0.717) is 23.0 Å². The maximum atomic E-state index is 13.1. The average molecular weight is 469 g/mol. The van der Waals surface area contributed by atoms with E-state index in [2.05, 4.69) is 4.98 Å². The second kappa shape index (κ2) is 8.99. The molecular formula is C24H21ClN2O6. The van der Waals surface area contributed by atoms with E-state index >= 15 is 0 Å². The summed E-state index contributed by atoms with van der Waals surface area (Å²) >= 11 is 6.26. The number of aromatic nitrogens is 1. The van der Waals surface area contributed by atoms with Gasteiger partial charge in [-0.3, -0.25) is 14.6 Å². The molecule has 1 fully saturated rings. The van der Waals surface area contributed by atoms with Crippen molar-refractivity contribution in [2.45, 2.75) is 19.5 Å². The Morgan fingerprint density at radius 2 is 1.91 bits per heavy atom. The SMILES string of the molecule is COc1cc(OC)c(/C(O)=C2\C(=O)C(=O)N(Cc3ccccn3)C2c2ccc(C)o2)cc1Cl. The molecule has 0 saturated carbocycles. The molecule has 8 nitrogen and oxygen atoms in total. The molecule has 33 heavy (non-hydrogen) atoms. The van der Waals surface area contributed by atoms with Gasteiger partial charge in [0.15, 0.2) is 0 Å². The van der Waals surface area contributed by atoms with Gasteiger partial charge in [0.25, 0.3) is 11.7 Å². The zero-order valence-electron chi connectivity index (χ0n) is 18.2. The van der Waals surface area contributed by atoms with Gasteiger partial charge in [0.2, 0.25) is 0 Å². The number of pyridine rings is 1. The summed E-state index contributed by atoms with van der Waals surface area (Å²) in [6.07, 6.45) is 1.60. The maximum Gasteiger partial charge on any atom is 0.296 e. The van der Waals surface area contributed by atoms with Crippen molar-refractivity contribution in [1.29, 1.82) is 0 Å². The maximum absolute atomic E-state index is 13.1. The minimum atomic E-state index is -0.966. The molecule has 1 aliphatic rings. The lowest BCUT2D eigenvalue weighted by Crippen LogP contribution is -2.29. The van der Waals surface area contributed by atoms with Crippen LogP contribution in [0.4, 0.5) is 0 Å². The molecule has 1 atom stereocenters. The molecule has 3 heterocycles.